The summed E-state index contributed by atoms with van der Waals surface area (Å²) in [4.78, 5) is 17.3. The average molecular weight is 243 g/mol. The summed E-state index contributed by atoms with van der Waals surface area (Å²) in [6, 6.07) is -0.534. The normalized spacial score (nSPS) is 12.1. The monoisotopic (exact) mass is 243 g/mol. The van der Waals surface area contributed by atoms with E-state index in [1.165, 1.54) is 0 Å². The van der Waals surface area contributed by atoms with Crippen molar-refractivity contribution in [2.75, 3.05) is 24.3 Å². The van der Waals surface area contributed by atoms with E-state index < -0.39 is 16.7 Å². The van der Waals surface area contributed by atoms with Gasteiger partial charge < -0.3 is 21.3 Å². The zero-order valence-corrected chi connectivity index (χ0v) is 8.91. The molecule has 0 aliphatic rings. The predicted molar refractivity (Wildman–Crippen MR) is 59.3 cm³/mol. The van der Waals surface area contributed by atoms with E-state index in [0.717, 1.165) is 6.33 Å². The average Bonchev–Trinajstić information content (AvgIpc) is 2.28. The summed E-state index contributed by atoms with van der Waals surface area (Å²) in [7, 11) is 0. The van der Waals surface area contributed by atoms with E-state index in [-0.39, 0.29) is 31.3 Å². The molecule has 1 heterocycles. The van der Waals surface area contributed by atoms with Crippen molar-refractivity contribution >= 4 is 17.3 Å². The molecule has 0 amide bonds. The third-order valence-electron chi connectivity index (χ3n) is 2.07. The molecule has 1 aromatic heterocycles. The van der Waals surface area contributed by atoms with Crippen LogP contribution in [0.5, 0.6) is 0 Å². The summed E-state index contributed by atoms with van der Waals surface area (Å²) in [5.74, 6) is -0.330. The number of hydrogen-bond donors (Lipinski definition) is 4. The first-order valence-corrected chi connectivity index (χ1v) is 4.83. The standard InChI is InChI=1S/C8H13N5O4/c9-7-6(13(16)17)8(11-4-10-7)12-5(3-15)1-2-14/h4-5,14-15H,1-3H2,(H3,9,10,11,12)/t5-/m0/s1. The Hall–Kier alpha value is -2.00. The minimum absolute atomic E-state index is 0.0741. The largest absolute Gasteiger partial charge is 0.396 e. The quantitative estimate of drug-likeness (QED) is 0.372. The maximum absolute atomic E-state index is 10.8. The minimum atomic E-state index is -0.703. The molecule has 1 aromatic rings. The maximum Gasteiger partial charge on any atom is 0.352 e. The molecule has 0 saturated heterocycles. The fourth-order valence-corrected chi connectivity index (χ4v) is 1.24. The number of hydrogen-bond acceptors (Lipinski definition) is 8. The van der Waals surface area contributed by atoms with E-state index in [9.17, 15) is 10.1 Å². The molecule has 0 aromatic carbocycles. The molecular formula is C8H13N5O4. The fourth-order valence-electron chi connectivity index (χ4n) is 1.24. The van der Waals surface area contributed by atoms with Crippen LogP contribution in [0, 0.1) is 10.1 Å². The molecule has 9 heteroatoms. The van der Waals surface area contributed by atoms with Crippen molar-refractivity contribution in [2.45, 2.75) is 12.5 Å². The number of aliphatic hydroxyl groups excluding tert-OH is 2. The highest BCUT2D eigenvalue weighted by Crippen LogP contribution is 2.26. The summed E-state index contributed by atoms with van der Waals surface area (Å²) in [6.45, 7) is -0.450. The molecule has 0 aliphatic heterocycles. The first-order chi connectivity index (χ1) is 8.10. The molecule has 0 unspecified atom stereocenters. The molecule has 5 N–H and O–H groups in total. The van der Waals surface area contributed by atoms with Crippen LogP contribution in [0.3, 0.4) is 0 Å². The molecule has 1 atom stereocenters. The number of aromatic nitrogens is 2. The van der Waals surface area contributed by atoms with E-state index in [0.29, 0.717) is 0 Å². The van der Waals surface area contributed by atoms with Gasteiger partial charge in [-0.2, -0.15) is 0 Å². The van der Waals surface area contributed by atoms with Crippen molar-refractivity contribution in [1.82, 2.24) is 9.97 Å². The predicted octanol–water partition coefficient (Wildman–Crippen LogP) is -0.878. The smallest absolute Gasteiger partial charge is 0.352 e. The van der Waals surface area contributed by atoms with Crippen LogP contribution in [0.15, 0.2) is 6.33 Å². The Bertz CT molecular complexity index is 400. The van der Waals surface area contributed by atoms with Crippen LogP contribution in [-0.4, -0.2) is 44.4 Å². The number of rotatable bonds is 6. The van der Waals surface area contributed by atoms with Crippen LogP contribution in [-0.2, 0) is 0 Å². The second kappa shape index (κ2) is 5.92. The third-order valence-corrected chi connectivity index (χ3v) is 2.07. The lowest BCUT2D eigenvalue weighted by molar-refractivity contribution is -0.383. The molecule has 0 bridgehead atoms. The number of nitrogens with two attached hydrogens (primary N) is 1. The van der Waals surface area contributed by atoms with E-state index in [4.69, 9.17) is 15.9 Å². The van der Waals surface area contributed by atoms with Crippen molar-refractivity contribution in [2.24, 2.45) is 0 Å². The third kappa shape index (κ3) is 3.23. The molecule has 0 spiro atoms. The number of nitro groups is 1. The number of nitrogens with one attached hydrogen (secondary N) is 1. The molecule has 94 valence electrons. The van der Waals surface area contributed by atoms with E-state index in [1.54, 1.807) is 0 Å². The summed E-state index contributed by atoms with van der Waals surface area (Å²) in [6.07, 6.45) is 1.32. The number of aliphatic hydroxyl groups is 2. The van der Waals surface area contributed by atoms with Crippen LogP contribution in [0.4, 0.5) is 17.3 Å². The van der Waals surface area contributed by atoms with Crippen LogP contribution in [0.1, 0.15) is 6.42 Å². The highest BCUT2D eigenvalue weighted by Gasteiger charge is 2.22. The van der Waals surface area contributed by atoms with Crippen molar-refractivity contribution in [3.8, 4) is 0 Å². The van der Waals surface area contributed by atoms with Gasteiger partial charge in [0.25, 0.3) is 0 Å². The molecule has 9 nitrogen and oxygen atoms in total. The Morgan fingerprint density at radius 3 is 2.76 bits per heavy atom. The second-order valence-electron chi connectivity index (χ2n) is 3.25. The minimum Gasteiger partial charge on any atom is -0.396 e. The van der Waals surface area contributed by atoms with Gasteiger partial charge in [-0.05, 0) is 6.42 Å². The fraction of sp³-hybridized carbons (Fsp3) is 0.500. The molecule has 1 rings (SSSR count). The van der Waals surface area contributed by atoms with Crippen LogP contribution >= 0.6 is 0 Å². The van der Waals surface area contributed by atoms with Gasteiger partial charge in [-0.1, -0.05) is 0 Å². The first kappa shape index (κ1) is 13.1. The van der Waals surface area contributed by atoms with Gasteiger partial charge in [-0.25, -0.2) is 9.97 Å². The number of nitrogen functional groups attached to an aromatic ring is 1. The number of anilines is 2. The first-order valence-electron chi connectivity index (χ1n) is 4.83. The lowest BCUT2D eigenvalue weighted by Gasteiger charge is -2.15. The van der Waals surface area contributed by atoms with Crippen LogP contribution in [0.25, 0.3) is 0 Å². The Morgan fingerprint density at radius 2 is 2.24 bits per heavy atom. The van der Waals surface area contributed by atoms with Gasteiger partial charge in [-0.3, -0.25) is 10.1 Å². The number of nitrogens with zero attached hydrogens (tertiary/aromatic N) is 3. The molecular weight excluding hydrogens is 230 g/mol. The van der Waals surface area contributed by atoms with Gasteiger partial charge >= 0.3 is 5.69 Å². The van der Waals surface area contributed by atoms with Gasteiger partial charge in [0.15, 0.2) is 0 Å². The molecule has 0 saturated carbocycles. The summed E-state index contributed by atoms with van der Waals surface area (Å²) < 4.78 is 0. The van der Waals surface area contributed by atoms with Crippen molar-refractivity contribution in [3.63, 3.8) is 0 Å². The SMILES string of the molecule is Nc1ncnc(N[C@H](CO)CCO)c1[N+](=O)[O-]. The zero-order chi connectivity index (χ0) is 12.8. The Morgan fingerprint density at radius 1 is 1.53 bits per heavy atom. The lowest BCUT2D eigenvalue weighted by atomic mass is 10.2. The Balaban J connectivity index is 2.97. The van der Waals surface area contributed by atoms with Crippen molar-refractivity contribution in [3.05, 3.63) is 16.4 Å². The van der Waals surface area contributed by atoms with Crippen molar-refractivity contribution < 1.29 is 15.1 Å². The van der Waals surface area contributed by atoms with Crippen LogP contribution in [0.2, 0.25) is 0 Å². The molecule has 17 heavy (non-hydrogen) atoms. The lowest BCUT2D eigenvalue weighted by Crippen LogP contribution is -2.26. The molecule has 0 fully saturated rings. The Kier molecular flexibility index (Phi) is 4.55. The van der Waals surface area contributed by atoms with E-state index in [1.807, 2.05) is 0 Å². The van der Waals surface area contributed by atoms with Gasteiger partial charge in [0, 0.05) is 6.61 Å². The zero-order valence-electron chi connectivity index (χ0n) is 8.91. The Labute approximate surface area is 96.5 Å². The summed E-state index contributed by atoms with van der Waals surface area (Å²) in [5.41, 5.74) is 4.93. The van der Waals surface area contributed by atoms with Crippen molar-refractivity contribution in [1.29, 1.82) is 0 Å². The molecule has 0 radical (unpaired) electrons. The topological polar surface area (TPSA) is 147 Å². The summed E-state index contributed by atoms with van der Waals surface area (Å²) in [5, 5.41) is 31.1. The van der Waals surface area contributed by atoms with Gasteiger partial charge in [0.1, 0.15) is 6.33 Å². The molecule has 0 aliphatic carbocycles. The second-order valence-corrected chi connectivity index (χ2v) is 3.25. The van der Waals surface area contributed by atoms with Gasteiger partial charge in [0.2, 0.25) is 11.6 Å². The van der Waals surface area contributed by atoms with Gasteiger partial charge in [0.05, 0.1) is 17.6 Å². The van der Waals surface area contributed by atoms with E-state index >= 15 is 0 Å². The highest BCUT2D eigenvalue weighted by molar-refractivity contribution is 5.67. The van der Waals surface area contributed by atoms with Crippen LogP contribution < -0.4 is 11.1 Å². The van der Waals surface area contributed by atoms with E-state index in [2.05, 4.69) is 15.3 Å². The highest BCUT2D eigenvalue weighted by atomic mass is 16.6. The van der Waals surface area contributed by atoms with Gasteiger partial charge in [-0.15, -0.1) is 0 Å². The maximum atomic E-state index is 10.8. The summed E-state index contributed by atoms with van der Waals surface area (Å²) >= 11 is 0.